The summed E-state index contributed by atoms with van der Waals surface area (Å²) in [5.74, 6) is -1.20. The van der Waals surface area contributed by atoms with Crippen molar-refractivity contribution < 1.29 is 33.5 Å². The Morgan fingerprint density at radius 3 is 2.56 bits per heavy atom. The lowest BCUT2D eigenvalue weighted by atomic mass is 10.0. The Bertz CT molecular complexity index is 1120. The number of hydrogen-bond donors (Lipinski definition) is 2. The molecule has 1 aliphatic heterocycles. The summed E-state index contributed by atoms with van der Waals surface area (Å²) in [6, 6.07) is 7.55. The van der Waals surface area contributed by atoms with Gasteiger partial charge in [0.05, 0.1) is 15.5 Å². The highest BCUT2D eigenvalue weighted by Gasteiger charge is 2.28. The zero-order valence-electron chi connectivity index (χ0n) is 18.3. The van der Waals surface area contributed by atoms with Gasteiger partial charge >= 0.3 is 5.97 Å². The van der Waals surface area contributed by atoms with E-state index < -0.39 is 35.4 Å². The summed E-state index contributed by atoms with van der Waals surface area (Å²) in [4.78, 5) is 47.4. The predicted molar refractivity (Wildman–Crippen MR) is 120 cm³/mol. The van der Waals surface area contributed by atoms with Crippen molar-refractivity contribution in [3.05, 3.63) is 62.7 Å². The number of fused-ring (bicyclic) bond motifs is 1. The molecule has 1 aliphatic rings. The first-order chi connectivity index (χ1) is 16.2. The largest absolute Gasteiger partial charge is 0.454 e. The minimum absolute atomic E-state index is 0.0350. The van der Waals surface area contributed by atoms with Crippen LogP contribution in [0.4, 0.5) is 5.69 Å². The molecule has 0 fully saturated rings. The van der Waals surface area contributed by atoms with Crippen LogP contribution in [0.5, 0.6) is 11.5 Å². The number of ether oxygens (including phenoxy) is 3. The van der Waals surface area contributed by atoms with Crippen molar-refractivity contribution in [3.63, 3.8) is 0 Å². The Morgan fingerprint density at radius 1 is 1.15 bits per heavy atom. The molecule has 1 atom stereocenters. The van der Waals surface area contributed by atoms with Gasteiger partial charge in [0.1, 0.15) is 6.04 Å². The molecule has 180 valence electrons. The molecule has 0 aliphatic carbocycles. The first kappa shape index (κ1) is 24.8. The fourth-order valence-electron chi connectivity index (χ4n) is 3.05. The summed E-state index contributed by atoms with van der Waals surface area (Å²) in [7, 11) is 0. The highest BCUT2D eigenvalue weighted by atomic mass is 35.5. The van der Waals surface area contributed by atoms with E-state index >= 15 is 0 Å². The molecule has 3 rings (SSSR count). The number of nitrogens with zero attached hydrogens (tertiary/aromatic N) is 1. The van der Waals surface area contributed by atoms with Crippen LogP contribution in [0.25, 0.3) is 0 Å². The van der Waals surface area contributed by atoms with E-state index in [1.165, 1.54) is 6.07 Å². The molecule has 0 aromatic heterocycles. The minimum atomic E-state index is -1.07. The fourth-order valence-corrected chi connectivity index (χ4v) is 3.31. The number of nitro benzene ring substituents is 1. The third-order valence-corrected chi connectivity index (χ3v) is 5.20. The number of non-ortho nitro benzene ring substituents is 1. The zero-order chi connectivity index (χ0) is 24.8. The normalized spacial score (nSPS) is 12.7. The Labute approximate surface area is 199 Å². The van der Waals surface area contributed by atoms with Crippen LogP contribution in [0.3, 0.4) is 0 Å². The number of nitro groups is 1. The van der Waals surface area contributed by atoms with E-state index in [-0.39, 0.29) is 35.5 Å². The SMILES string of the molecule is CC(C)[C@H](NC(=O)c1ccc([N+](=O)[O-])cc1Cl)C(=O)OCC(=O)NCc1ccc2c(c1)OCO2. The third kappa shape index (κ3) is 6.13. The average Bonchev–Trinajstić information content (AvgIpc) is 3.27. The van der Waals surface area contributed by atoms with Gasteiger partial charge < -0.3 is 24.8 Å². The summed E-state index contributed by atoms with van der Waals surface area (Å²) >= 11 is 5.98. The summed E-state index contributed by atoms with van der Waals surface area (Å²) in [6.07, 6.45) is 0. The molecule has 0 spiro atoms. The van der Waals surface area contributed by atoms with Crippen molar-refractivity contribution in [1.82, 2.24) is 10.6 Å². The van der Waals surface area contributed by atoms with Gasteiger partial charge in [-0.1, -0.05) is 31.5 Å². The Morgan fingerprint density at radius 2 is 1.88 bits per heavy atom. The molecule has 34 heavy (non-hydrogen) atoms. The van der Waals surface area contributed by atoms with Crippen molar-refractivity contribution >= 4 is 35.1 Å². The Kier molecular flexibility index (Phi) is 7.90. The van der Waals surface area contributed by atoms with Gasteiger partial charge in [-0.05, 0) is 29.7 Å². The maximum absolute atomic E-state index is 12.6. The van der Waals surface area contributed by atoms with Gasteiger partial charge in [-0.2, -0.15) is 0 Å². The topological polar surface area (TPSA) is 146 Å². The zero-order valence-corrected chi connectivity index (χ0v) is 19.1. The van der Waals surface area contributed by atoms with Gasteiger partial charge in [-0.3, -0.25) is 19.7 Å². The van der Waals surface area contributed by atoms with Gasteiger partial charge in [-0.15, -0.1) is 0 Å². The van der Waals surface area contributed by atoms with E-state index in [1.54, 1.807) is 32.0 Å². The number of benzene rings is 2. The lowest BCUT2D eigenvalue weighted by Crippen LogP contribution is -2.46. The van der Waals surface area contributed by atoms with Crippen molar-refractivity contribution in [3.8, 4) is 11.5 Å². The van der Waals surface area contributed by atoms with Gasteiger partial charge in [-0.25, -0.2) is 4.79 Å². The number of halogens is 1. The molecule has 2 amide bonds. The Balaban J connectivity index is 1.52. The number of amides is 2. The van der Waals surface area contributed by atoms with Crippen LogP contribution in [-0.4, -0.2) is 42.1 Å². The molecule has 2 N–H and O–H groups in total. The Hall–Kier alpha value is -3.86. The first-order valence-electron chi connectivity index (χ1n) is 10.2. The van der Waals surface area contributed by atoms with E-state index in [0.29, 0.717) is 11.5 Å². The molecule has 0 unspecified atom stereocenters. The molecule has 0 radical (unpaired) electrons. The number of hydrogen-bond acceptors (Lipinski definition) is 8. The van der Waals surface area contributed by atoms with Gasteiger partial charge in [0.2, 0.25) is 6.79 Å². The van der Waals surface area contributed by atoms with E-state index in [2.05, 4.69) is 10.6 Å². The van der Waals surface area contributed by atoms with Crippen LogP contribution in [0.2, 0.25) is 5.02 Å². The predicted octanol–water partition coefficient (Wildman–Crippen LogP) is 2.59. The van der Waals surface area contributed by atoms with E-state index in [4.69, 9.17) is 25.8 Å². The summed E-state index contributed by atoms with van der Waals surface area (Å²) < 4.78 is 15.6. The first-order valence-corrected chi connectivity index (χ1v) is 10.6. The molecule has 11 nitrogen and oxygen atoms in total. The van der Waals surface area contributed by atoms with Crippen molar-refractivity contribution in [2.45, 2.75) is 26.4 Å². The molecule has 2 aromatic carbocycles. The second-order valence-corrected chi connectivity index (χ2v) is 8.10. The molecule has 0 saturated heterocycles. The lowest BCUT2D eigenvalue weighted by molar-refractivity contribution is -0.384. The second-order valence-electron chi connectivity index (χ2n) is 7.69. The molecular weight excluding hydrogens is 470 g/mol. The monoisotopic (exact) mass is 491 g/mol. The molecule has 0 bridgehead atoms. The number of rotatable bonds is 9. The van der Waals surface area contributed by atoms with Crippen molar-refractivity contribution in [1.29, 1.82) is 0 Å². The van der Waals surface area contributed by atoms with Crippen LogP contribution in [0, 0.1) is 16.0 Å². The van der Waals surface area contributed by atoms with E-state index in [0.717, 1.165) is 17.7 Å². The lowest BCUT2D eigenvalue weighted by Gasteiger charge is -2.21. The quantitative estimate of drug-likeness (QED) is 0.309. The van der Waals surface area contributed by atoms with Crippen LogP contribution in [0.1, 0.15) is 29.8 Å². The molecule has 1 heterocycles. The van der Waals surface area contributed by atoms with Crippen LogP contribution in [-0.2, 0) is 20.9 Å². The van der Waals surface area contributed by atoms with Crippen LogP contribution in [0.15, 0.2) is 36.4 Å². The molecule has 2 aromatic rings. The van der Waals surface area contributed by atoms with Crippen LogP contribution < -0.4 is 20.1 Å². The second kappa shape index (κ2) is 10.8. The number of carbonyl (C=O) groups excluding carboxylic acids is 3. The maximum atomic E-state index is 12.6. The average molecular weight is 492 g/mol. The number of carbonyl (C=O) groups is 3. The number of esters is 1. The molecule has 12 heteroatoms. The summed E-state index contributed by atoms with van der Waals surface area (Å²) in [5.41, 5.74) is 0.469. The molecule has 0 saturated carbocycles. The van der Waals surface area contributed by atoms with Crippen molar-refractivity contribution in [2.75, 3.05) is 13.4 Å². The van der Waals surface area contributed by atoms with Gasteiger partial charge in [0.15, 0.2) is 18.1 Å². The minimum Gasteiger partial charge on any atom is -0.454 e. The van der Waals surface area contributed by atoms with Gasteiger partial charge in [0, 0.05) is 18.7 Å². The summed E-state index contributed by atoms with van der Waals surface area (Å²) in [5, 5.41) is 15.8. The number of nitrogens with one attached hydrogen (secondary N) is 2. The summed E-state index contributed by atoms with van der Waals surface area (Å²) in [6.45, 7) is 3.16. The van der Waals surface area contributed by atoms with E-state index in [1.807, 2.05) is 0 Å². The smallest absolute Gasteiger partial charge is 0.329 e. The molecular formula is C22H22ClN3O8. The standard InChI is InChI=1S/C22H22ClN3O8/c1-12(2)20(25-21(28)15-5-4-14(26(30)31)8-16(15)23)22(29)32-10-19(27)24-9-13-3-6-17-18(7-13)34-11-33-17/h3-8,12,20H,9-11H2,1-2H3,(H,24,27)(H,25,28)/t20-/m0/s1. The van der Waals surface area contributed by atoms with E-state index in [9.17, 15) is 24.5 Å². The van der Waals surface area contributed by atoms with Gasteiger partial charge in [0.25, 0.3) is 17.5 Å². The maximum Gasteiger partial charge on any atom is 0.329 e. The third-order valence-electron chi connectivity index (χ3n) is 4.89. The highest BCUT2D eigenvalue weighted by Crippen LogP contribution is 2.32. The highest BCUT2D eigenvalue weighted by molar-refractivity contribution is 6.34. The van der Waals surface area contributed by atoms with Crippen LogP contribution >= 0.6 is 11.6 Å². The van der Waals surface area contributed by atoms with Crippen molar-refractivity contribution in [2.24, 2.45) is 5.92 Å². The fraction of sp³-hybridized carbons (Fsp3) is 0.318.